The van der Waals surface area contributed by atoms with E-state index < -0.39 is 29.9 Å². The highest BCUT2D eigenvalue weighted by Crippen LogP contribution is 2.46. The van der Waals surface area contributed by atoms with Crippen LogP contribution in [0.2, 0.25) is 0 Å². The van der Waals surface area contributed by atoms with E-state index in [1.165, 1.54) is 28.5 Å². The molecule has 1 fully saturated rings. The third-order valence-corrected chi connectivity index (χ3v) is 9.44. The third-order valence-electron chi connectivity index (χ3n) is 5.60. The summed E-state index contributed by atoms with van der Waals surface area (Å²) in [6, 6.07) is 4.59. The van der Waals surface area contributed by atoms with Gasteiger partial charge in [0.1, 0.15) is 26.3 Å². The average molecular weight is 596 g/mol. The number of thiazole rings is 1. The van der Waals surface area contributed by atoms with Crippen LogP contribution in [0.3, 0.4) is 0 Å². The van der Waals surface area contributed by atoms with Gasteiger partial charge in [-0.1, -0.05) is 49.1 Å². The molecule has 38 heavy (non-hydrogen) atoms. The molecule has 1 aromatic heterocycles. The molecule has 14 heteroatoms. The van der Waals surface area contributed by atoms with E-state index in [1.54, 1.807) is 18.2 Å². The van der Waals surface area contributed by atoms with Gasteiger partial charge in [0.05, 0.1) is 21.7 Å². The zero-order valence-corrected chi connectivity index (χ0v) is 23.3. The number of rotatable bonds is 9. The van der Waals surface area contributed by atoms with Gasteiger partial charge in [-0.15, -0.1) is 11.3 Å². The van der Waals surface area contributed by atoms with Crippen molar-refractivity contribution in [3.05, 3.63) is 54.7 Å². The first-order valence-corrected chi connectivity index (χ1v) is 14.3. The van der Waals surface area contributed by atoms with E-state index >= 15 is 0 Å². The van der Waals surface area contributed by atoms with Crippen molar-refractivity contribution in [2.45, 2.75) is 37.6 Å². The number of thiocarbonyl (C=S) groups is 1. The highest BCUT2D eigenvalue weighted by Gasteiger charge is 2.35. The van der Waals surface area contributed by atoms with Crippen LogP contribution in [-0.4, -0.2) is 54.9 Å². The summed E-state index contributed by atoms with van der Waals surface area (Å²) in [6.07, 6.45) is 4.84. The van der Waals surface area contributed by atoms with Crippen LogP contribution in [0.25, 0.3) is 11.0 Å². The van der Waals surface area contributed by atoms with E-state index in [1.807, 2.05) is 4.90 Å². The predicted molar refractivity (Wildman–Crippen MR) is 150 cm³/mol. The van der Waals surface area contributed by atoms with E-state index in [0.29, 0.717) is 6.54 Å². The molecule has 0 spiro atoms. The molecule has 2 aliphatic rings. The van der Waals surface area contributed by atoms with E-state index in [2.05, 4.69) is 6.92 Å². The zero-order valence-electron chi connectivity index (χ0n) is 20.0. The summed E-state index contributed by atoms with van der Waals surface area (Å²) in [7, 11) is 0. The van der Waals surface area contributed by atoms with Gasteiger partial charge in [-0.05, 0) is 36.8 Å². The first-order chi connectivity index (χ1) is 18.1. The van der Waals surface area contributed by atoms with E-state index in [4.69, 9.17) is 17.3 Å². The lowest BCUT2D eigenvalue weighted by Crippen LogP contribution is -2.36. The normalized spacial score (nSPS) is 18.2. The van der Waals surface area contributed by atoms with Crippen LogP contribution in [-0.2, 0) is 20.9 Å². The van der Waals surface area contributed by atoms with Gasteiger partial charge >= 0.3 is 11.9 Å². The molecule has 0 unspecified atom stereocenters. The molecule has 0 bridgehead atoms. The monoisotopic (exact) mass is 595 g/mol. The molecule has 3 heterocycles. The highest BCUT2D eigenvalue weighted by molar-refractivity contribution is 8.30. The van der Waals surface area contributed by atoms with Crippen molar-refractivity contribution >= 4 is 85.9 Å². The number of carbonyl (C=O) groups is 3. The van der Waals surface area contributed by atoms with Crippen molar-refractivity contribution in [1.29, 1.82) is 0 Å². The maximum absolute atomic E-state index is 13.9. The van der Waals surface area contributed by atoms with Crippen LogP contribution in [0, 0.1) is 5.82 Å². The fourth-order valence-electron chi connectivity index (χ4n) is 3.80. The quantitative estimate of drug-likeness (QED) is 0.419. The number of benzene rings is 1. The number of hydrogen-bond acceptors (Lipinski definition) is 9. The fourth-order valence-corrected chi connectivity index (χ4v) is 7.36. The van der Waals surface area contributed by atoms with Gasteiger partial charge in [-0.2, -0.15) is 0 Å². The molecule has 2 aliphatic heterocycles. The lowest BCUT2D eigenvalue weighted by Gasteiger charge is -2.19. The maximum atomic E-state index is 13.9. The number of hydrogen-bond donors (Lipinski definition) is 2. The Labute approximate surface area is 233 Å². The van der Waals surface area contributed by atoms with Gasteiger partial charge in [0.2, 0.25) is 0 Å². The second kappa shape index (κ2) is 11.8. The first kappa shape index (κ1) is 28.1. The van der Waals surface area contributed by atoms with Crippen molar-refractivity contribution < 1.29 is 29.0 Å². The van der Waals surface area contributed by atoms with Crippen LogP contribution in [0.4, 0.5) is 10.1 Å². The number of thioether (sulfide) groups is 2. The minimum atomic E-state index is -1.24. The molecular weight excluding hydrogens is 574 g/mol. The molecule has 4 rings (SSSR count). The number of allylic oxidation sites excluding steroid dienone is 1. The number of amides is 1. The minimum absolute atomic E-state index is 0.0459. The van der Waals surface area contributed by atoms with E-state index in [9.17, 15) is 28.7 Å². The highest BCUT2D eigenvalue weighted by atomic mass is 32.2. The Morgan fingerprint density at radius 3 is 2.53 bits per heavy atom. The largest absolute Gasteiger partial charge is 0.481 e. The number of anilines is 1. The molecule has 0 radical (unpaired) electrons. The Hall–Kier alpha value is -2.94. The summed E-state index contributed by atoms with van der Waals surface area (Å²) >= 11 is 8.51. The Kier molecular flexibility index (Phi) is 8.75. The van der Waals surface area contributed by atoms with Crippen LogP contribution >= 0.6 is 47.1 Å². The van der Waals surface area contributed by atoms with Crippen LogP contribution < -0.4 is 19.7 Å². The van der Waals surface area contributed by atoms with Crippen LogP contribution in [0.5, 0.6) is 0 Å². The molecular formula is C24H22FN3O6S4. The fraction of sp³-hybridized carbons (Fsp3) is 0.292. The first-order valence-electron chi connectivity index (χ1n) is 11.5. The molecule has 0 atom stereocenters. The Morgan fingerprint density at radius 1 is 1.08 bits per heavy atom. The van der Waals surface area contributed by atoms with Crippen molar-refractivity contribution in [1.82, 2.24) is 9.47 Å². The number of carboxylic acid groups (broad SMARTS) is 2. The molecule has 0 aliphatic carbocycles. The van der Waals surface area contributed by atoms with Crippen LogP contribution in [0.15, 0.2) is 39.0 Å². The van der Waals surface area contributed by atoms with E-state index in [0.717, 1.165) is 56.5 Å². The second-order valence-electron chi connectivity index (χ2n) is 8.24. The molecule has 2 aromatic rings. The summed E-state index contributed by atoms with van der Waals surface area (Å²) < 4.78 is 15.7. The molecule has 1 amide bonds. The van der Waals surface area contributed by atoms with Gasteiger partial charge in [-0.25, -0.2) is 4.39 Å². The molecule has 2 N–H and O–H groups in total. The third kappa shape index (κ3) is 5.87. The smallest absolute Gasteiger partial charge is 0.323 e. The average Bonchev–Trinajstić information content (AvgIpc) is 3.46. The number of carboxylic acids is 2. The van der Waals surface area contributed by atoms with Gasteiger partial charge < -0.3 is 15.1 Å². The van der Waals surface area contributed by atoms with Crippen LogP contribution in [0.1, 0.15) is 26.2 Å². The number of halogens is 1. The van der Waals surface area contributed by atoms with E-state index in [-0.39, 0.29) is 37.2 Å². The number of aliphatic carboxylic acids is 2. The van der Waals surface area contributed by atoms with Crippen molar-refractivity contribution in [3.8, 4) is 0 Å². The summed E-state index contributed by atoms with van der Waals surface area (Å²) in [5.41, 5.74) is 0.280. The minimum Gasteiger partial charge on any atom is -0.481 e. The molecule has 1 aromatic carbocycles. The number of carbonyl (C=O) groups excluding carboxylic acids is 1. The van der Waals surface area contributed by atoms with Gasteiger partial charge in [0.25, 0.3) is 11.5 Å². The number of nitrogens with zero attached hydrogens (tertiary/aromatic N) is 3. The predicted octanol–water partition coefficient (Wildman–Crippen LogP) is 2.61. The SMILES string of the molecule is CCCCN1C(=CC=c2sc(=C3SC(=S)N(CC(=O)O)C3=O)n(CCC(=O)O)c2=O)Sc2ccc(F)cc21. The molecule has 0 saturated carbocycles. The standard InChI is InChI=1S/C24H22FN3O6S4/c1-2-3-9-26-14-11-13(25)4-5-15(14)36-17(26)7-6-16-21(33)27(10-8-18(29)30)23(37-16)20-22(34)28(12-19(31)32)24(35)38-20/h4-7,11H,2-3,8-10,12H2,1H3,(H,29,30)(H,31,32). The van der Waals surface area contributed by atoms with Gasteiger partial charge in [-0.3, -0.25) is 28.6 Å². The summed E-state index contributed by atoms with van der Waals surface area (Å²) in [6.45, 7) is 1.94. The zero-order chi connectivity index (χ0) is 27.6. The van der Waals surface area contributed by atoms with Crippen molar-refractivity contribution in [3.63, 3.8) is 0 Å². The van der Waals surface area contributed by atoms with Crippen molar-refractivity contribution in [2.75, 3.05) is 18.0 Å². The number of unbranched alkanes of at least 4 members (excludes halogenated alkanes) is 1. The number of aromatic nitrogens is 1. The lowest BCUT2D eigenvalue weighted by molar-refractivity contribution is -0.140. The molecule has 200 valence electrons. The number of fused-ring (bicyclic) bond motifs is 1. The Bertz CT molecular complexity index is 1550. The van der Waals surface area contributed by atoms with Gasteiger partial charge in [0.15, 0.2) is 0 Å². The molecule has 9 nitrogen and oxygen atoms in total. The Morgan fingerprint density at radius 2 is 1.84 bits per heavy atom. The molecule has 1 saturated heterocycles. The van der Waals surface area contributed by atoms with Gasteiger partial charge in [0, 0.05) is 18.0 Å². The Balaban J connectivity index is 1.81. The lowest BCUT2D eigenvalue weighted by atomic mass is 10.2. The summed E-state index contributed by atoms with van der Waals surface area (Å²) in [5.74, 6) is -3.34. The topological polar surface area (TPSA) is 120 Å². The summed E-state index contributed by atoms with van der Waals surface area (Å²) in [4.78, 5) is 52.6. The van der Waals surface area contributed by atoms with Crippen molar-refractivity contribution in [2.24, 2.45) is 0 Å². The second-order valence-corrected chi connectivity index (χ2v) is 12.0. The summed E-state index contributed by atoms with van der Waals surface area (Å²) in [5, 5.41) is 19.1. The maximum Gasteiger partial charge on any atom is 0.323 e.